The minimum absolute atomic E-state index is 0.0326. The molecule has 0 bridgehead atoms. The normalized spacial score (nSPS) is 23.3. The smallest absolute Gasteiger partial charge is 0.225 e. The van der Waals surface area contributed by atoms with Crippen LogP contribution in [0.1, 0.15) is 18.0 Å². The Balaban J connectivity index is 1.67. The van der Waals surface area contributed by atoms with Gasteiger partial charge in [-0.05, 0) is 5.56 Å². The molecule has 0 saturated carbocycles. The van der Waals surface area contributed by atoms with E-state index in [4.69, 9.17) is 4.74 Å². The summed E-state index contributed by atoms with van der Waals surface area (Å²) in [6, 6.07) is 9.95. The van der Waals surface area contributed by atoms with Crippen LogP contribution in [0.3, 0.4) is 0 Å². The molecule has 2 amide bonds. The highest BCUT2D eigenvalue weighted by molar-refractivity contribution is 5.89. The number of carbonyl (C=O) groups excluding carboxylic acids is 2. The monoisotopic (exact) mass is 331 g/mol. The molecule has 0 aromatic heterocycles. The van der Waals surface area contributed by atoms with Gasteiger partial charge in [-0.2, -0.15) is 0 Å². The average molecular weight is 331 g/mol. The summed E-state index contributed by atoms with van der Waals surface area (Å²) in [4.78, 5) is 28.3. The standard InChI is InChI=1S/C18H25N3O3/c1-20-12-15(11-17(20)22)18(23)19-16(14-5-3-2-4-6-14)13-21-7-9-24-10-8-21/h2-6,15-16H,7-13H2,1H3,(H,19,23)/t15-,16-/m1/s1. The molecule has 1 aromatic rings. The Kier molecular flexibility index (Phi) is 5.48. The molecule has 2 atom stereocenters. The van der Waals surface area contributed by atoms with Crippen molar-refractivity contribution in [2.45, 2.75) is 12.5 Å². The number of nitrogens with one attached hydrogen (secondary N) is 1. The van der Waals surface area contributed by atoms with Crippen molar-refractivity contribution in [3.8, 4) is 0 Å². The number of hydrogen-bond acceptors (Lipinski definition) is 4. The molecule has 2 heterocycles. The number of ether oxygens (including phenoxy) is 1. The first-order chi connectivity index (χ1) is 11.6. The summed E-state index contributed by atoms with van der Waals surface area (Å²) in [6.07, 6.45) is 0.307. The molecule has 0 spiro atoms. The molecule has 2 aliphatic heterocycles. The Morgan fingerprint density at radius 3 is 2.62 bits per heavy atom. The molecular formula is C18H25N3O3. The van der Waals surface area contributed by atoms with Crippen LogP contribution in [0, 0.1) is 5.92 Å². The van der Waals surface area contributed by atoms with E-state index in [1.54, 1.807) is 11.9 Å². The maximum atomic E-state index is 12.6. The van der Waals surface area contributed by atoms with Crippen LogP contribution in [0.5, 0.6) is 0 Å². The third-order valence-corrected chi connectivity index (χ3v) is 4.77. The zero-order valence-corrected chi connectivity index (χ0v) is 14.1. The predicted octanol–water partition coefficient (Wildman–Crippen LogP) is 0.654. The molecular weight excluding hydrogens is 306 g/mol. The van der Waals surface area contributed by atoms with Gasteiger partial charge in [0, 0.05) is 39.6 Å². The Morgan fingerprint density at radius 1 is 1.29 bits per heavy atom. The lowest BCUT2D eigenvalue weighted by molar-refractivity contribution is -0.128. The molecule has 2 fully saturated rings. The maximum Gasteiger partial charge on any atom is 0.225 e. The van der Waals surface area contributed by atoms with Crippen LogP contribution in [0.2, 0.25) is 0 Å². The zero-order chi connectivity index (χ0) is 16.9. The van der Waals surface area contributed by atoms with Gasteiger partial charge < -0.3 is 15.0 Å². The molecule has 1 N–H and O–H groups in total. The van der Waals surface area contributed by atoms with E-state index in [9.17, 15) is 9.59 Å². The van der Waals surface area contributed by atoms with Crippen LogP contribution in [0.4, 0.5) is 0 Å². The lowest BCUT2D eigenvalue weighted by atomic mass is 10.0. The minimum atomic E-state index is -0.251. The first-order valence-electron chi connectivity index (χ1n) is 8.53. The van der Waals surface area contributed by atoms with Crippen molar-refractivity contribution in [3.63, 3.8) is 0 Å². The predicted molar refractivity (Wildman–Crippen MR) is 90.3 cm³/mol. The van der Waals surface area contributed by atoms with E-state index in [1.165, 1.54) is 0 Å². The van der Waals surface area contributed by atoms with E-state index in [-0.39, 0.29) is 23.8 Å². The van der Waals surface area contributed by atoms with Crippen LogP contribution < -0.4 is 5.32 Å². The SMILES string of the molecule is CN1C[C@H](C(=O)N[C@H](CN2CCOCC2)c2ccccc2)CC1=O. The van der Waals surface area contributed by atoms with E-state index >= 15 is 0 Å². The van der Waals surface area contributed by atoms with Crippen molar-refractivity contribution in [1.82, 2.24) is 15.1 Å². The summed E-state index contributed by atoms with van der Waals surface area (Å²) < 4.78 is 5.40. The second-order valence-electron chi connectivity index (χ2n) is 6.56. The maximum absolute atomic E-state index is 12.6. The van der Waals surface area contributed by atoms with Gasteiger partial charge in [0.25, 0.3) is 0 Å². The van der Waals surface area contributed by atoms with Gasteiger partial charge in [0.15, 0.2) is 0 Å². The van der Waals surface area contributed by atoms with Crippen molar-refractivity contribution < 1.29 is 14.3 Å². The first-order valence-corrected chi connectivity index (χ1v) is 8.53. The quantitative estimate of drug-likeness (QED) is 0.861. The Bertz CT molecular complexity index is 572. The summed E-state index contributed by atoms with van der Waals surface area (Å²) >= 11 is 0. The van der Waals surface area contributed by atoms with Gasteiger partial charge in [-0.1, -0.05) is 30.3 Å². The van der Waals surface area contributed by atoms with Crippen molar-refractivity contribution in [3.05, 3.63) is 35.9 Å². The van der Waals surface area contributed by atoms with Gasteiger partial charge >= 0.3 is 0 Å². The fourth-order valence-electron chi connectivity index (χ4n) is 3.29. The molecule has 6 nitrogen and oxygen atoms in total. The third kappa shape index (κ3) is 4.13. The summed E-state index contributed by atoms with van der Waals surface area (Å²) in [5.41, 5.74) is 1.09. The highest BCUT2D eigenvalue weighted by Gasteiger charge is 2.33. The Labute approximate surface area is 142 Å². The second-order valence-corrected chi connectivity index (χ2v) is 6.56. The van der Waals surface area contributed by atoms with E-state index in [1.807, 2.05) is 30.3 Å². The highest BCUT2D eigenvalue weighted by Crippen LogP contribution is 2.20. The minimum Gasteiger partial charge on any atom is -0.379 e. The Morgan fingerprint density at radius 2 is 2.00 bits per heavy atom. The first kappa shape index (κ1) is 16.9. The fraction of sp³-hybridized carbons (Fsp3) is 0.556. The van der Waals surface area contributed by atoms with E-state index in [2.05, 4.69) is 10.2 Å². The van der Waals surface area contributed by atoms with E-state index < -0.39 is 0 Å². The number of amides is 2. The van der Waals surface area contributed by atoms with E-state index in [0.29, 0.717) is 13.0 Å². The van der Waals surface area contributed by atoms with Gasteiger partial charge in [-0.25, -0.2) is 0 Å². The van der Waals surface area contributed by atoms with Crippen molar-refractivity contribution >= 4 is 11.8 Å². The molecule has 2 aliphatic rings. The number of morpholine rings is 1. The van der Waals surface area contributed by atoms with Crippen LogP contribution in [0.25, 0.3) is 0 Å². The number of carbonyl (C=O) groups is 2. The molecule has 24 heavy (non-hydrogen) atoms. The molecule has 2 saturated heterocycles. The summed E-state index contributed by atoms with van der Waals surface area (Å²) in [7, 11) is 1.75. The molecule has 1 aromatic carbocycles. The fourth-order valence-corrected chi connectivity index (χ4v) is 3.29. The summed E-state index contributed by atoms with van der Waals surface area (Å²) in [6.45, 7) is 4.49. The van der Waals surface area contributed by atoms with Crippen LogP contribution in [0.15, 0.2) is 30.3 Å². The van der Waals surface area contributed by atoms with Gasteiger partial charge in [0.2, 0.25) is 11.8 Å². The molecule has 0 radical (unpaired) electrons. The molecule has 6 heteroatoms. The van der Waals surface area contributed by atoms with Crippen molar-refractivity contribution in [1.29, 1.82) is 0 Å². The number of rotatable bonds is 5. The van der Waals surface area contributed by atoms with Crippen molar-refractivity contribution in [2.75, 3.05) is 46.4 Å². The lowest BCUT2D eigenvalue weighted by Crippen LogP contribution is -2.44. The number of benzene rings is 1. The molecule has 3 rings (SSSR count). The highest BCUT2D eigenvalue weighted by atomic mass is 16.5. The molecule has 0 aliphatic carbocycles. The van der Waals surface area contributed by atoms with Crippen LogP contribution in [-0.2, 0) is 14.3 Å². The zero-order valence-electron chi connectivity index (χ0n) is 14.1. The summed E-state index contributed by atoms with van der Waals surface area (Å²) in [5.74, 6) is -0.243. The average Bonchev–Trinajstić information content (AvgIpc) is 2.95. The van der Waals surface area contributed by atoms with Gasteiger partial charge in [-0.15, -0.1) is 0 Å². The number of nitrogens with zero attached hydrogens (tertiary/aromatic N) is 2. The number of hydrogen-bond donors (Lipinski definition) is 1. The number of likely N-dealkylation sites (tertiary alicyclic amines) is 1. The van der Waals surface area contributed by atoms with Gasteiger partial charge in [0.05, 0.1) is 25.2 Å². The largest absolute Gasteiger partial charge is 0.379 e. The Hall–Kier alpha value is -1.92. The van der Waals surface area contributed by atoms with Gasteiger partial charge in [-0.3, -0.25) is 14.5 Å². The van der Waals surface area contributed by atoms with E-state index in [0.717, 1.165) is 38.4 Å². The summed E-state index contributed by atoms with van der Waals surface area (Å²) in [5, 5.41) is 3.16. The topological polar surface area (TPSA) is 61.9 Å². The third-order valence-electron chi connectivity index (χ3n) is 4.77. The van der Waals surface area contributed by atoms with Crippen LogP contribution >= 0.6 is 0 Å². The molecule has 0 unspecified atom stereocenters. The second kappa shape index (κ2) is 7.77. The van der Waals surface area contributed by atoms with Crippen LogP contribution in [-0.4, -0.2) is 68.1 Å². The lowest BCUT2D eigenvalue weighted by Gasteiger charge is -2.31. The molecule has 130 valence electrons. The van der Waals surface area contributed by atoms with Gasteiger partial charge in [0.1, 0.15) is 0 Å². The van der Waals surface area contributed by atoms with Crippen molar-refractivity contribution in [2.24, 2.45) is 5.92 Å².